The molecule has 0 aromatic heterocycles. The maximum absolute atomic E-state index is 14.2. The average Bonchev–Trinajstić information content (AvgIpc) is 2.55. The average molecular weight is 314 g/mol. The first-order chi connectivity index (χ1) is 10.7. The predicted molar refractivity (Wildman–Crippen MR) is 77.8 cm³/mol. The number of hydrogen-bond donors (Lipinski definition) is 0. The van der Waals surface area contributed by atoms with Crippen molar-refractivity contribution in [2.75, 3.05) is 13.3 Å². The molecule has 1 fully saturated rings. The zero-order valence-corrected chi connectivity index (χ0v) is 12.5. The van der Waals surface area contributed by atoms with Crippen molar-refractivity contribution in [3.63, 3.8) is 0 Å². The van der Waals surface area contributed by atoms with Gasteiger partial charge in [0.1, 0.15) is 6.29 Å². The summed E-state index contributed by atoms with van der Waals surface area (Å²) in [5.41, 5.74) is 0.359. The molecule has 1 aliphatic carbocycles. The predicted octanol–water partition coefficient (Wildman–Crippen LogP) is 4.57. The monoisotopic (exact) mass is 314 g/mol. The smallest absolute Gasteiger partial charge is 0.200 e. The molecule has 0 N–H and O–H groups in total. The summed E-state index contributed by atoms with van der Waals surface area (Å²) in [4.78, 5) is 10.7. The Labute approximate surface area is 128 Å². The summed E-state index contributed by atoms with van der Waals surface area (Å²) in [5.74, 6) is -1.97. The Morgan fingerprint density at radius 2 is 1.82 bits per heavy atom. The van der Waals surface area contributed by atoms with Gasteiger partial charge < -0.3 is 9.53 Å². The Hall–Kier alpha value is -1.52. The van der Waals surface area contributed by atoms with Crippen molar-refractivity contribution >= 4 is 6.29 Å². The standard InChI is InChI=1S/C17H21F3O2/c18-9-1-2-10-22-15-8-7-14(16(19)17(15)20)13-5-3-12(11-21)4-6-13/h7-8,11-13H,1-6,9-10H2. The molecule has 0 amide bonds. The van der Waals surface area contributed by atoms with Crippen LogP contribution in [0.4, 0.5) is 13.2 Å². The van der Waals surface area contributed by atoms with Gasteiger partial charge in [0.05, 0.1) is 13.3 Å². The summed E-state index contributed by atoms with van der Waals surface area (Å²) in [6.07, 6.45) is 4.58. The Bertz CT molecular complexity index is 497. The largest absolute Gasteiger partial charge is 0.490 e. The van der Waals surface area contributed by atoms with Crippen molar-refractivity contribution in [3.05, 3.63) is 29.3 Å². The van der Waals surface area contributed by atoms with E-state index in [1.165, 1.54) is 6.07 Å². The second kappa shape index (κ2) is 8.20. The lowest BCUT2D eigenvalue weighted by atomic mass is 9.79. The molecule has 0 saturated heterocycles. The first-order valence-electron chi connectivity index (χ1n) is 7.79. The maximum atomic E-state index is 14.2. The van der Waals surface area contributed by atoms with E-state index < -0.39 is 18.3 Å². The van der Waals surface area contributed by atoms with Gasteiger partial charge in [-0.25, -0.2) is 4.39 Å². The third-order valence-electron chi connectivity index (χ3n) is 4.27. The third kappa shape index (κ3) is 4.02. The molecule has 0 aliphatic heterocycles. The highest BCUT2D eigenvalue weighted by atomic mass is 19.2. The van der Waals surface area contributed by atoms with Crippen LogP contribution in [0, 0.1) is 17.6 Å². The Morgan fingerprint density at radius 3 is 2.45 bits per heavy atom. The summed E-state index contributed by atoms with van der Waals surface area (Å²) >= 11 is 0. The number of rotatable bonds is 7. The zero-order valence-electron chi connectivity index (χ0n) is 12.5. The number of carbonyl (C=O) groups excluding carboxylic acids is 1. The van der Waals surface area contributed by atoms with Crippen LogP contribution in [0.25, 0.3) is 0 Å². The number of aldehydes is 1. The van der Waals surface area contributed by atoms with Crippen molar-refractivity contribution in [1.82, 2.24) is 0 Å². The maximum Gasteiger partial charge on any atom is 0.200 e. The van der Waals surface area contributed by atoms with Gasteiger partial charge in [-0.15, -0.1) is 0 Å². The summed E-state index contributed by atoms with van der Waals surface area (Å²) in [5, 5.41) is 0. The molecule has 1 saturated carbocycles. The molecule has 1 aromatic carbocycles. The van der Waals surface area contributed by atoms with Crippen LogP contribution >= 0.6 is 0 Å². The Kier molecular flexibility index (Phi) is 6.28. The van der Waals surface area contributed by atoms with E-state index in [4.69, 9.17) is 4.74 Å². The lowest BCUT2D eigenvalue weighted by molar-refractivity contribution is -0.111. The normalized spacial score (nSPS) is 21.6. The molecule has 0 unspecified atom stereocenters. The SMILES string of the molecule is O=CC1CCC(c2ccc(OCCCCF)c(F)c2F)CC1. The van der Waals surface area contributed by atoms with Crippen LogP contribution in [0.5, 0.6) is 5.75 Å². The van der Waals surface area contributed by atoms with Crippen LogP contribution in [-0.4, -0.2) is 19.6 Å². The molecule has 1 aliphatic rings. The van der Waals surface area contributed by atoms with E-state index in [2.05, 4.69) is 0 Å². The minimum atomic E-state index is -0.977. The molecule has 5 heteroatoms. The topological polar surface area (TPSA) is 26.3 Å². The van der Waals surface area contributed by atoms with Gasteiger partial charge in [0, 0.05) is 5.92 Å². The molecule has 2 nitrogen and oxygen atoms in total. The van der Waals surface area contributed by atoms with Crippen LogP contribution < -0.4 is 4.74 Å². The molecule has 0 spiro atoms. The van der Waals surface area contributed by atoms with Gasteiger partial charge in [0.2, 0.25) is 5.82 Å². The molecule has 0 radical (unpaired) electrons. The van der Waals surface area contributed by atoms with Crippen LogP contribution in [0.1, 0.15) is 50.0 Å². The van der Waals surface area contributed by atoms with Gasteiger partial charge in [-0.2, -0.15) is 4.39 Å². The molecular weight excluding hydrogens is 293 g/mol. The number of ether oxygens (including phenoxy) is 1. The van der Waals surface area contributed by atoms with Gasteiger partial charge in [0.25, 0.3) is 0 Å². The first-order valence-corrected chi connectivity index (χ1v) is 7.79. The van der Waals surface area contributed by atoms with E-state index in [0.29, 0.717) is 31.2 Å². The van der Waals surface area contributed by atoms with E-state index in [1.54, 1.807) is 6.07 Å². The lowest BCUT2D eigenvalue weighted by Gasteiger charge is -2.26. The van der Waals surface area contributed by atoms with Gasteiger partial charge in [-0.3, -0.25) is 4.39 Å². The highest BCUT2D eigenvalue weighted by molar-refractivity contribution is 5.53. The first kappa shape index (κ1) is 16.8. The van der Waals surface area contributed by atoms with Crippen molar-refractivity contribution in [2.45, 2.75) is 44.4 Å². The fourth-order valence-electron chi connectivity index (χ4n) is 2.92. The fourth-order valence-corrected chi connectivity index (χ4v) is 2.92. The lowest BCUT2D eigenvalue weighted by Crippen LogP contribution is -2.15. The molecule has 0 heterocycles. The molecule has 0 atom stereocenters. The van der Waals surface area contributed by atoms with Gasteiger partial charge in [0.15, 0.2) is 11.6 Å². The number of hydrogen-bond acceptors (Lipinski definition) is 2. The summed E-state index contributed by atoms with van der Waals surface area (Å²) in [7, 11) is 0. The zero-order chi connectivity index (χ0) is 15.9. The van der Waals surface area contributed by atoms with Gasteiger partial charge >= 0.3 is 0 Å². The second-order valence-electron chi connectivity index (χ2n) is 5.77. The van der Waals surface area contributed by atoms with E-state index in [-0.39, 0.29) is 24.2 Å². The molecule has 1 aromatic rings. The summed E-state index contributed by atoms with van der Waals surface area (Å²) < 4.78 is 45.4. The number of unbranched alkanes of at least 4 members (excludes halogenated alkanes) is 1. The second-order valence-corrected chi connectivity index (χ2v) is 5.77. The van der Waals surface area contributed by atoms with Crippen LogP contribution in [-0.2, 0) is 4.79 Å². The minimum Gasteiger partial charge on any atom is -0.490 e. The minimum absolute atomic E-state index is 0.0438. The number of benzene rings is 1. The molecular formula is C17H21F3O2. The number of halogens is 3. The van der Waals surface area contributed by atoms with E-state index in [1.807, 2.05) is 0 Å². The van der Waals surface area contributed by atoms with Crippen molar-refractivity contribution in [1.29, 1.82) is 0 Å². The highest BCUT2D eigenvalue weighted by Gasteiger charge is 2.26. The summed E-state index contributed by atoms with van der Waals surface area (Å²) in [6, 6.07) is 3.00. The number of alkyl halides is 1. The Morgan fingerprint density at radius 1 is 1.09 bits per heavy atom. The van der Waals surface area contributed by atoms with Crippen LogP contribution in [0.3, 0.4) is 0 Å². The fraction of sp³-hybridized carbons (Fsp3) is 0.588. The quantitative estimate of drug-likeness (QED) is 0.544. The molecule has 22 heavy (non-hydrogen) atoms. The molecule has 0 bridgehead atoms. The van der Waals surface area contributed by atoms with Crippen molar-refractivity contribution in [2.24, 2.45) is 5.92 Å². The van der Waals surface area contributed by atoms with Gasteiger partial charge in [-0.1, -0.05) is 6.07 Å². The van der Waals surface area contributed by atoms with Crippen molar-refractivity contribution in [3.8, 4) is 5.75 Å². The Balaban J connectivity index is 2.02. The van der Waals surface area contributed by atoms with Crippen molar-refractivity contribution < 1.29 is 22.7 Å². The number of carbonyl (C=O) groups is 1. The van der Waals surface area contributed by atoms with Crippen LogP contribution in [0.2, 0.25) is 0 Å². The van der Waals surface area contributed by atoms with E-state index in [9.17, 15) is 18.0 Å². The van der Waals surface area contributed by atoms with E-state index >= 15 is 0 Å². The third-order valence-corrected chi connectivity index (χ3v) is 4.27. The molecule has 2 rings (SSSR count). The van der Waals surface area contributed by atoms with Gasteiger partial charge in [-0.05, 0) is 56.1 Å². The van der Waals surface area contributed by atoms with E-state index in [0.717, 1.165) is 19.1 Å². The summed E-state index contributed by atoms with van der Waals surface area (Å²) in [6.45, 7) is -0.271. The molecule has 122 valence electrons. The van der Waals surface area contributed by atoms with Crippen LogP contribution in [0.15, 0.2) is 12.1 Å². The highest BCUT2D eigenvalue weighted by Crippen LogP contribution is 2.38.